The number of anilines is 2. The minimum atomic E-state index is 0.348. The molecule has 1 unspecified atom stereocenters. The molecule has 3 N–H and O–H groups in total. The smallest absolute Gasteiger partial charge is 0.145 e. The molecule has 0 bridgehead atoms. The number of nitrogens with two attached hydrogens (primary N) is 1. The van der Waals surface area contributed by atoms with Crippen LogP contribution in [0.4, 0.5) is 11.6 Å². The molecule has 1 aliphatic heterocycles. The molecule has 3 rings (SSSR count). The number of rotatable bonds is 2. The minimum absolute atomic E-state index is 0.348. The highest BCUT2D eigenvalue weighted by Gasteiger charge is 2.25. The molecule has 94 valence electrons. The van der Waals surface area contributed by atoms with Gasteiger partial charge in [-0.15, -0.1) is 11.3 Å². The summed E-state index contributed by atoms with van der Waals surface area (Å²) in [5.41, 5.74) is 3.97. The summed E-state index contributed by atoms with van der Waals surface area (Å²) in [5, 5.41) is 2.16. The van der Waals surface area contributed by atoms with Gasteiger partial charge in [-0.1, -0.05) is 0 Å². The number of hydrogen-bond donors (Lipinski definition) is 2. The van der Waals surface area contributed by atoms with Crippen molar-refractivity contribution < 1.29 is 0 Å². The molecular weight excluding hydrogens is 246 g/mol. The Balaban J connectivity index is 1.94. The van der Waals surface area contributed by atoms with E-state index in [1.165, 1.54) is 10.4 Å². The Labute approximate surface area is 110 Å². The number of aromatic nitrogens is 2. The molecule has 0 radical (unpaired) electrons. The summed E-state index contributed by atoms with van der Waals surface area (Å²) < 4.78 is 0. The van der Waals surface area contributed by atoms with Gasteiger partial charge in [-0.25, -0.2) is 15.8 Å². The third kappa shape index (κ3) is 1.83. The number of hydrogen-bond acceptors (Lipinski definition) is 6. The van der Waals surface area contributed by atoms with E-state index in [9.17, 15) is 0 Å². The van der Waals surface area contributed by atoms with Crippen molar-refractivity contribution in [2.24, 2.45) is 5.84 Å². The standard InChI is InChI=1S/C12H15N5S/c1-8-9-3-5-18-10(9)2-4-17(8)12-6-11(16-13)14-7-15-12/h3,5-8H,2,4,13H2,1H3,(H,14,15,16). The normalized spacial score (nSPS) is 18.6. The highest BCUT2D eigenvalue weighted by molar-refractivity contribution is 7.10. The lowest BCUT2D eigenvalue weighted by molar-refractivity contribution is 0.624. The Morgan fingerprint density at radius 1 is 1.50 bits per heavy atom. The maximum absolute atomic E-state index is 5.39. The SMILES string of the molecule is CC1c2ccsc2CCN1c1cc(NN)ncn1. The minimum Gasteiger partial charge on any atom is -0.349 e. The molecule has 18 heavy (non-hydrogen) atoms. The van der Waals surface area contributed by atoms with Crippen LogP contribution in [0.2, 0.25) is 0 Å². The van der Waals surface area contributed by atoms with Gasteiger partial charge in [0.15, 0.2) is 0 Å². The number of hydrazine groups is 1. The summed E-state index contributed by atoms with van der Waals surface area (Å²) >= 11 is 1.84. The van der Waals surface area contributed by atoms with Crippen molar-refractivity contribution in [1.82, 2.24) is 9.97 Å². The monoisotopic (exact) mass is 261 g/mol. The van der Waals surface area contributed by atoms with Crippen molar-refractivity contribution in [3.05, 3.63) is 34.3 Å². The van der Waals surface area contributed by atoms with Crippen molar-refractivity contribution in [2.75, 3.05) is 16.9 Å². The largest absolute Gasteiger partial charge is 0.349 e. The first-order valence-corrected chi connectivity index (χ1v) is 6.79. The zero-order valence-corrected chi connectivity index (χ0v) is 10.9. The van der Waals surface area contributed by atoms with Crippen molar-refractivity contribution >= 4 is 23.0 Å². The molecule has 0 spiro atoms. The molecule has 3 heterocycles. The predicted octanol–water partition coefficient (Wildman–Crippen LogP) is 1.95. The summed E-state index contributed by atoms with van der Waals surface area (Å²) in [6.45, 7) is 3.19. The molecule has 6 heteroatoms. The number of thiophene rings is 1. The van der Waals surface area contributed by atoms with Gasteiger partial charge in [-0.3, -0.25) is 0 Å². The van der Waals surface area contributed by atoms with Crippen LogP contribution < -0.4 is 16.2 Å². The van der Waals surface area contributed by atoms with Crippen LogP contribution >= 0.6 is 11.3 Å². The van der Waals surface area contributed by atoms with Crippen molar-refractivity contribution in [3.8, 4) is 0 Å². The lowest BCUT2D eigenvalue weighted by atomic mass is 10.0. The maximum atomic E-state index is 5.39. The average molecular weight is 261 g/mol. The Kier molecular flexibility index (Phi) is 2.89. The highest BCUT2D eigenvalue weighted by atomic mass is 32.1. The van der Waals surface area contributed by atoms with E-state index in [1.54, 1.807) is 6.33 Å². The average Bonchev–Trinajstić information content (AvgIpc) is 2.88. The number of nitrogens with zero attached hydrogens (tertiary/aromatic N) is 3. The van der Waals surface area contributed by atoms with Crippen LogP contribution in [-0.2, 0) is 6.42 Å². The molecule has 0 saturated carbocycles. The maximum Gasteiger partial charge on any atom is 0.145 e. The Hall–Kier alpha value is -1.66. The number of fused-ring (bicyclic) bond motifs is 1. The van der Waals surface area contributed by atoms with Gasteiger partial charge >= 0.3 is 0 Å². The van der Waals surface area contributed by atoms with E-state index in [4.69, 9.17) is 5.84 Å². The van der Waals surface area contributed by atoms with Crippen LogP contribution in [0.1, 0.15) is 23.4 Å². The van der Waals surface area contributed by atoms with E-state index in [2.05, 4.69) is 38.7 Å². The van der Waals surface area contributed by atoms with Gasteiger partial charge in [0.1, 0.15) is 18.0 Å². The molecule has 2 aromatic rings. The van der Waals surface area contributed by atoms with Gasteiger partial charge < -0.3 is 10.3 Å². The summed E-state index contributed by atoms with van der Waals surface area (Å²) in [4.78, 5) is 12.2. The van der Waals surface area contributed by atoms with Crippen molar-refractivity contribution in [3.63, 3.8) is 0 Å². The van der Waals surface area contributed by atoms with Gasteiger partial charge in [-0.2, -0.15) is 0 Å². The van der Waals surface area contributed by atoms with Crippen LogP contribution in [-0.4, -0.2) is 16.5 Å². The molecule has 2 aromatic heterocycles. The van der Waals surface area contributed by atoms with Crippen LogP contribution in [0.3, 0.4) is 0 Å². The fourth-order valence-electron chi connectivity index (χ4n) is 2.41. The van der Waals surface area contributed by atoms with Crippen molar-refractivity contribution in [2.45, 2.75) is 19.4 Å². The van der Waals surface area contributed by atoms with Gasteiger partial charge in [0.05, 0.1) is 6.04 Å². The second-order valence-electron chi connectivity index (χ2n) is 4.32. The zero-order valence-electron chi connectivity index (χ0n) is 10.1. The van der Waals surface area contributed by atoms with Crippen LogP contribution in [0.5, 0.6) is 0 Å². The van der Waals surface area contributed by atoms with Crippen LogP contribution in [0.15, 0.2) is 23.8 Å². The molecule has 0 amide bonds. The second kappa shape index (κ2) is 4.55. The first kappa shape index (κ1) is 11.4. The molecule has 0 saturated heterocycles. The molecule has 0 aromatic carbocycles. The molecule has 0 aliphatic carbocycles. The molecule has 1 atom stereocenters. The Morgan fingerprint density at radius 2 is 2.39 bits per heavy atom. The highest BCUT2D eigenvalue weighted by Crippen LogP contribution is 2.35. The quantitative estimate of drug-likeness (QED) is 0.639. The lowest BCUT2D eigenvalue weighted by Crippen LogP contribution is -2.33. The molecule has 0 fully saturated rings. The lowest BCUT2D eigenvalue weighted by Gasteiger charge is -2.34. The summed E-state index contributed by atoms with van der Waals surface area (Å²) in [6, 6.07) is 4.44. The zero-order chi connectivity index (χ0) is 12.5. The summed E-state index contributed by atoms with van der Waals surface area (Å²) in [7, 11) is 0. The van der Waals surface area contributed by atoms with E-state index in [0.29, 0.717) is 11.9 Å². The third-order valence-electron chi connectivity index (χ3n) is 3.37. The van der Waals surface area contributed by atoms with Gasteiger partial charge in [-0.05, 0) is 30.4 Å². The number of nitrogens with one attached hydrogen (secondary N) is 1. The first-order valence-electron chi connectivity index (χ1n) is 5.91. The van der Waals surface area contributed by atoms with E-state index in [1.807, 2.05) is 17.4 Å². The van der Waals surface area contributed by atoms with Gasteiger partial charge in [0.2, 0.25) is 0 Å². The van der Waals surface area contributed by atoms with E-state index >= 15 is 0 Å². The van der Waals surface area contributed by atoms with Gasteiger partial charge in [0.25, 0.3) is 0 Å². The first-order chi connectivity index (χ1) is 8.79. The van der Waals surface area contributed by atoms with Gasteiger partial charge in [0, 0.05) is 17.5 Å². The number of nitrogen functional groups attached to an aromatic ring is 1. The van der Waals surface area contributed by atoms with E-state index < -0.39 is 0 Å². The Bertz CT molecular complexity index is 553. The van der Waals surface area contributed by atoms with Crippen molar-refractivity contribution in [1.29, 1.82) is 0 Å². The fraction of sp³-hybridized carbons (Fsp3) is 0.333. The second-order valence-corrected chi connectivity index (χ2v) is 5.32. The van der Waals surface area contributed by atoms with E-state index in [-0.39, 0.29) is 0 Å². The predicted molar refractivity (Wildman–Crippen MR) is 73.6 cm³/mol. The van der Waals surface area contributed by atoms with Crippen LogP contribution in [0, 0.1) is 0 Å². The van der Waals surface area contributed by atoms with Crippen LogP contribution in [0.25, 0.3) is 0 Å². The third-order valence-corrected chi connectivity index (χ3v) is 4.37. The molecule has 1 aliphatic rings. The summed E-state index contributed by atoms with van der Waals surface area (Å²) in [5.74, 6) is 6.95. The molecule has 5 nitrogen and oxygen atoms in total. The fourth-order valence-corrected chi connectivity index (χ4v) is 3.37. The topological polar surface area (TPSA) is 67.1 Å². The van der Waals surface area contributed by atoms with E-state index in [0.717, 1.165) is 18.8 Å². The Morgan fingerprint density at radius 3 is 3.22 bits per heavy atom. The molecular formula is C12H15N5S. The summed E-state index contributed by atoms with van der Waals surface area (Å²) in [6.07, 6.45) is 2.62.